The average Bonchev–Trinajstić information content (AvgIpc) is 3.23. The van der Waals surface area contributed by atoms with Crippen LogP contribution in [0.5, 0.6) is 0 Å². The van der Waals surface area contributed by atoms with Gasteiger partial charge < -0.3 is 25.2 Å². The second-order valence-corrected chi connectivity index (χ2v) is 15.6. The van der Waals surface area contributed by atoms with Gasteiger partial charge in [0.2, 0.25) is 0 Å². The Kier molecular flexibility index (Phi) is 38.3. The molecular formula is C48H74NO11P. The van der Waals surface area contributed by atoms with Crippen molar-refractivity contribution in [1.29, 1.82) is 0 Å². The zero-order valence-electron chi connectivity index (χ0n) is 36.7. The first-order chi connectivity index (χ1) is 29.5. The zero-order chi connectivity index (χ0) is 45.1. The number of aliphatic carboxylic acids is 1. The average molecular weight is 872 g/mol. The summed E-state index contributed by atoms with van der Waals surface area (Å²) in [5, 5.41) is 8.89. The molecule has 0 aliphatic heterocycles. The van der Waals surface area contributed by atoms with Crippen LogP contribution in [0.15, 0.2) is 109 Å². The molecular weight excluding hydrogens is 797 g/mol. The van der Waals surface area contributed by atoms with Crippen molar-refractivity contribution in [2.45, 2.75) is 148 Å². The first-order valence-corrected chi connectivity index (χ1v) is 23.4. The fourth-order valence-electron chi connectivity index (χ4n) is 5.04. The molecule has 13 heteroatoms. The monoisotopic (exact) mass is 871 g/mol. The molecule has 342 valence electrons. The number of rotatable bonds is 39. The summed E-state index contributed by atoms with van der Waals surface area (Å²) in [4.78, 5) is 57.7. The number of hydrogen-bond acceptors (Lipinski definition) is 10. The number of allylic oxidation sites excluding steroid dienone is 18. The molecule has 3 atom stereocenters. The topological polar surface area (TPSA) is 189 Å². The Bertz CT molecular complexity index is 1510. The lowest BCUT2D eigenvalue weighted by Gasteiger charge is -2.20. The number of carbonyl (C=O) groups excluding carboxylic acids is 3. The van der Waals surface area contributed by atoms with Crippen LogP contribution in [0.2, 0.25) is 0 Å². The maximum atomic E-state index is 12.6. The van der Waals surface area contributed by atoms with E-state index in [1.54, 1.807) is 12.2 Å². The fraction of sp³-hybridized carbons (Fsp3) is 0.542. The van der Waals surface area contributed by atoms with E-state index in [-0.39, 0.29) is 18.6 Å². The maximum absolute atomic E-state index is 12.6. The van der Waals surface area contributed by atoms with Gasteiger partial charge in [-0.15, -0.1) is 0 Å². The van der Waals surface area contributed by atoms with E-state index in [1.165, 1.54) is 0 Å². The van der Waals surface area contributed by atoms with Crippen molar-refractivity contribution >= 4 is 31.5 Å². The van der Waals surface area contributed by atoms with Crippen molar-refractivity contribution < 1.29 is 52.3 Å². The summed E-state index contributed by atoms with van der Waals surface area (Å²) < 4.78 is 32.6. The third kappa shape index (κ3) is 41.0. The summed E-state index contributed by atoms with van der Waals surface area (Å²) in [5.74, 6) is -2.41. The molecule has 1 unspecified atom stereocenters. The number of carbonyl (C=O) groups is 4. The number of nitrogens with two attached hydrogens (primary N) is 1. The summed E-state index contributed by atoms with van der Waals surface area (Å²) in [6.07, 6.45) is 50.0. The highest BCUT2D eigenvalue weighted by Gasteiger charge is 2.28. The van der Waals surface area contributed by atoms with Gasteiger partial charge in [0, 0.05) is 19.3 Å². The molecule has 0 rings (SSSR count). The van der Waals surface area contributed by atoms with Crippen LogP contribution in [0.1, 0.15) is 136 Å². The molecule has 12 nitrogen and oxygen atoms in total. The van der Waals surface area contributed by atoms with Crippen LogP contribution in [0.4, 0.5) is 0 Å². The van der Waals surface area contributed by atoms with Gasteiger partial charge in [-0.25, -0.2) is 4.57 Å². The number of esters is 2. The Morgan fingerprint density at radius 2 is 1.08 bits per heavy atom. The van der Waals surface area contributed by atoms with Crippen molar-refractivity contribution in [2.24, 2.45) is 5.73 Å². The van der Waals surface area contributed by atoms with Gasteiger partial charge >= 0.3 is 25.7 Å². The minimum atomic E-state index is -4.76. The number of hydrogen-bond donors (Lipinski definition) is 3. The van der Waals surface area contributed by atoms with E-state index in [0.717, 1.165) is 83.5 Å². The van der Waals surface area contributed by atoms with Gasteiger partial charge in [0.05, 0.1) is 13.2 Å². The number of phosphoric ester groups is 1. The summed E-state index contributed by atoms with van der Waals surface area (Å²) in [6.45, 7) is 2.40. The quantitative estimate of drug-likeness (QED) is 0.0133. The lowest BCUT2D eigenvalue weighted by Crippen LogP contribution is -2.34. The Hall–Kier alpha value is -4.19. The molecule has 4 N–H and O–H groups in total. The van der Waals surface area contributed by atoms with E-state index < -0.39 is 57.7 Å². The largest absolute Gasteiger partial charge is 0.480 e. The van der Waals surface area contributed by atoms with E-state index in [2.05, 4.69) is 79.1 Å². The summed E-state index contributed by atoms with van der Waals surface area (Å²) in [6, 6.07) is -1.55. The molecule has 61 heavy (non-hydrogen) atoms. The predicted molar refractivity (Wildman–Crippen MR) is 245 cm³/mol. The molecule has 0 aromatic carbocycles. The highest BCUT2D eigenvalue weighted by atomic mass is 31.2. The third-order valence-corrected chi connectivity index (χ3v) is 9.43. The Labute approximate surface area is 365 Å². The summed E-state index contributed by atoms with van der Waals surface area (Å²) in [5.41, 5.74) is 5.32. The minimum absolute atomic E-state index is 0.0443. The molecule has 0 saturated heterocycles. The second kappa shape index (κ2) is 41.2. The van der Waals surface area contributed by atoms with E-state index >= 15 is 0 Å². The van der Waals surface area contributed by atoms with Crippen LogP contribution in [-0.4, -0.2) is 65.7 Å². The van der Waals surface area contributed by atoms with Gasteiger partial charge in [-0.3, -0.25) is 28.2 Å². The number of unbranched alkanes of at least 4 members (excludes halogenated alkanes) is 6. The molecule has 0 fully saturated rings. The standard InChI is InChI=1S/C48H74NO11P/c1-3-5-7-8-9-10-11-12-13-14-15-16-17-18-21-24-27-30-34-38-46(51)57-40-44(41-58-61(55,56)59-42-45(49)48(53)54)60-47(52)39-35-31-28-25-22-19-20-23-26-29-33-37-43(50)36-32-6-4-2/h5,7,9-10,12-13,15-16,18-21,25-26,28-29,33,37,44-45H,3-4,6,8,11,14,17,22-24,27,30-32,34-36,38-42,49H2,1-2H3,(H,53,54)(H,55,56)/b7-5-,10-9-,13-12-,16-15-,20-19-,21-18-,28-25-,29-26-,37-33+/t44-,45+/m1/s1. The first kappa shape index (κ1) is 56.8. The SMILES string of the molecule is CC/C=C\C/C=C\C/C=C\C/C=C\C/C=C\CCCCCC(=O)OC[C@H](COP(=O)(O)OC[C@H](N)C(=O)O)OC(=O)CCC/C=C\C/C=C\C/C=C\C=C\C(=O)CCCCC. The van der Waals surface area contributed by atoms with Gasteiger partial charge in [0.25, 0.3) is 0 Å². The molecule has 0 radical (unpaired) electrons. The van der Waals surface area contributed by atoms with Gasteiger partial charge in [-0.1, -0.05) is 136 Å². The van der Waals surface area contributed by atoms with Crippen LogP contribution in [0, 0.1) is 0 Å². The van der Waals surface area contributed by atoms with Crippen molar-refractivity contribution in [1.82, 2.24) is 0 Å². The highest BCUT2D eigenvalue weighted by molar-refractivity contribution is 7.47. The molecule has 0 aromatic rings. The molecule has 0 aromatic heterocycles. The van der Waals surface area contributed by atoms with Gasteiger partial charge in [0.1, 0.15) is 12.6 Å². The number of ketones is 1. The lowest BCUT2D eigenvalue weighted by atomic mass is 10.1. The molecule has 0 amide bonds. The van der Waals surface area contributed by atoms with Crippen LogP contribution < -0.4 is 5.73 Å². The lowest BCUT2D eigenvalue weighted by molar-refractivity contribution is -0.161. The molecule has 0 aliphatic carbocycles. The number of ether oxygens (including phenoxy) is 2. The third-order valence-electron chi connectivity index (χ3n) is 8.48. The van der Waals surface area contributed by atoms with Crippen LogP contribution >= 0.6 is 7.82 Å². The number of carboxylic acids is 1. The van der Waals surface area contributed by atoms with Crippen molar-refractivity contribution in [2.75, 3.05) is 19.8 Å². The van der Waals surface area contributed by atoms with Crippen molar-refractivity contribution in [3.05, 3.63) is 109 Å². The maximum Gasteiger partial charge on any atom is 0.472 e. The second-order valence-electron chi connectivity index (χ2n) is 14.1. The smallest absolute Gasteiger partial charge is 0.472 e. The number of carboxylic acid groups (broad SMARTS) is 1. The zero-order valence-corrected chi connectivity index (χ0v) is 37.6. The highest BCUT2D eigenvalue weighted by Crippen LogP contribution is 2.43. The molecule has 0 spiro atoms. The van der Waals surface area contributed by atoms with Gasteiger partial charge in [-0.05, 0) is 89.5 Å². The molecule has 0 saturated carbocycles. The van der Waals surface area contributed by atoms with Gasteiger partial charge in [0.15, 0.2) is 11.9 Å². The Morgan fingerprint density at radius 1 is 0.574 bits per heavy atom. The van der Waals surface area contributed by atoms with E-state index in [9.17, 15) is 28.6 Å². The Morgan fingerprint density at radius 3 is 1.66 bits per heavy atom. The van der Waals surface area contributed by atoms with Crippen LogP contribution in [0.3, 0.4) is 0 Å². The van der Waals surface area contributed by atoms with Gasteiger partial charge in [-0.2, -0.15) is 0 Å². The summed E-state index contributed by atoms with van der Waals surface area (Å²) >= 11 is 0. The Balaban J connectivity index is 4.58. The van der Waals surface area contributed by atoms with E-state index in [4.69, 9.17) is 24.8 Å². The summed E-state index contributed by atoms with van der Waals surface area (Å²) in [7, 11) is -4.76. The van der Waals surface area contributed by atoms with Crippen molar-refractivity contribution in [3.8, 4) is 0 Å². The molecule has 0 bridgehead atoms. The molecule has 0 aliphatic rings. The van der Waals surface area contributed by atoms with Crippen LogP contribution in [0.25, 0.3) is 0 Å². The number of phosphoric acid groups is 1. The normalized spacial score (nSPS) is 14.6. The molecule has 0 heterocycles. The van der Waals surface area contributed by atoms with E-state index in [0.29, 0.717) is 25.7 Å². The first-order valence-electron chi connectivity index (χ1n) is 21.9. The minimum Gasteiger partial charge on any atom is -0.480 e. The van der Waals surface area contributed by atoms with Crippen molar-refractivity contribution in [3.63, 3.8) is 0 Å². The van der Waals surface area contributed by atoms with E-state index in [1.807, 2.05) is 36.5 Å². The fourth-order valence-corrected chi connectivity index (χ4v) is 5.81. The van der Waals surface area contributed by atoms with Crippen LogP contribution in [-0.2, 0) is 42.3 Å². The predicted octanol–water partition coefficient (Wildman–Crippen LogP) is 11.0.